The zero-order valence-electron chi connectivity index (χ0n) is 15.4. The number of halogens is 1. The number of aliphatic imine (C=N–C) groups is 1. The van der Waals surface area contributed by atoms with Gasteiger partial charge in [0.1, 0.15) is 12.4 Å². The first-order valence-electron chi connectivity index (χ1n) is 8.69. The monoisotopic (exact) mass is 480 g/mol. The van der Waals surface area contributed by atoms with E-state index in [9.17, 15) is 10.1 Å². The van der Waals surface area contributed by atoms with E-state index in [2.05, 4.69) is 20.7 Å². The SMILES string of the molecule is CN=C(NCCn1cc([N+](=O)[O-])cn1)NCC1(CCOC)CCCC1.I. The van der Waals surface area contributed by atoms with Crippen molar-refractivity contribution < 1.29 is 9.66 Å². The molecule has 148 valence electrons. The van der Waals surface area contributed by atoms with Crippen LogP contribution in [0.25, 0.3) is 0 Å². The number of nitro groups is 1. The molecular weight excluding hydrogens is 451 g/mol. The van der Waals surface area contributed by atoms with E-state index in [0.717, 1.165) is 25.5 Å². The largest absolute Gasteiger partial charge is 0.385 e. The Labute approximate surface area is 171 Å². The van der Waals surface area contributed by atoms with Crippen LogP contribution in [0.4, 0.5) is 5.69 Å². The highest BCUT2D eigenvalue weighted by Gasteiger charge is 2.33. The van der Waals surface area contributed by atoms with Crippen LogP contribution in [-0.4, -0.2) is 54.5 Å². The van der Waals surface area contributed by atoms with Crippen LogP contribution in [0, 0.1) is 15.5 Å². The number of rotatable bonds is 9. The van der Waals surface area contributed by atoms with E-state index >= 15 is 0 Å². The first-order chi connectivity index (χ1) is 12.1. The Hall–Kier alpha value is -1.43. The first kappa shape index (κ1) is 22.6. The molecule has 0 radical (unpaired) electrons. The minimum atomic E-state index is -0.446. The van der Waals surface area contributed by atoms with Crippen molar-refractivity contribution in [3.63, 3.8) is 0 Å². The van der Waals surface area contributed by atoms with Crippen LogP contribution in [0.15, 0.2) is 17.4 Å². The normalized spacial score (nSPS) is 16.2. The van der Waals surface area contributed by atoms with Crippen molar-refractivity contribution >= 4 is 35.6 Å². The molecule has 1 aromatic heterocycles. The van der Waals surface area contributed by atoms with Crippen molar-refractivity contribution in [3.05, 3.63) is 22.5 Å². The topological polar surface area (TPSA) is 107 Å². The third kappa shape index (κ3) is 6.71. The van der Waals surface area contributed by atoms with E-state index in [-0.39, 0.29) is 35.1 Å². The van der Waals surface area contributed by atoms with Crippen molar-refractivity contribution in [2.24, 2.45) is 10.4 Å². The highest BCUT2D eigenvalue weighted by atomic mass is 127. The molecule has 1 aliphatic rings. The molecule has 0 atom stereocenters. The first-order valence-corrected chi connectivity index (χ1v) is 8.69. The Morgan fingerprint density at radius 1 is 1.46 bits per heavy atom. The van der Waals surface area contributed by atoms with Gasteiger partial charge in [0.15, 0.2) is 5.96 Å². The van der Waals surface area contributed by atoms with E-state index in [4.69, 9.17) is 4.74 Å². The summed E-state index contributed by atoms with van der Waals surface area (Å²) in [7, 11) is 3.49. The molecule has 0 saturated heterocycles. The van der Waals surface area contributed by atoms with Gasteiger partial charge in [0.2, 0.25) is 0 Å². The molecular formula is C16H29IN6O3. The minimum absolute atomic E-state index is 0. The smallest absolute Gasteiger partial charge is 0.306 e. The summed E-state index contributed by atoms with van der Waals surface area (Å²) in [6.07, 6.45) is 8.73. The van der Waals surface area contributed by atoms with E-state index in [1.165, 1.54) is 38.1 Å². The fourth-order valence-corrected chi connectivity index (χ4v) is 3.31. The molecule has 0 spiro atoms. The highest BCUT2D eigenvalue weighted by molar-refractivity contribution is 14.0. The van der Waals surface area contributed by atoms with Crippen LogP contribution in [0.2, 0.25) is 0 Å². The summed E-state index contributed by atoms with van der Waals surface area (Å²) in [5, 5.41) is 21.3. The lowest BCUT2D eigenvalue weighted by molar-refractivity contribution is -0.385. The molecule has 0 unspecified atom stereocenters. The molecule has 1 aliphatic carbocycles. The standard InChI is InChI=1S/C16H28N6O3.HI/c1-17-15(18-8-9-21-12-14(11-20-21)22(23)24)19-13-16(7-10-25-2)5-3-4-6-16;/h11-12H,3-10,13H2,1-2H3,(H2,17,18,19);1H. The third-order valence-electron chi connectivity index (χ3n) is 4.82. The van der Waals surface area contributed by atoms with E-state index in [1.54, 1.807) is 18.8 Å². The van der Waals surface area contributed by atoms with Gasteiger partial charge in [-0.1, -0.05) is 12.8 Å². The fraction of sp³-hybridized carbons (Fsp3) is 0.750. The van der Waals surface area contributed by atoms with Crippen molar-refractivity contribution in [3.8, 4) is 0 Å². The summed E-state index contributed by atoms with van der Waals surface area (Å²) in [6, 6.07) is 0. The number of guanidine groups is 1. The number of aromatic nitrogens is 2. The Kier molecular flexibility index (Phi) is 9.84. The Morgan fingerprint density at radius 2 is 2.19 bits per heavy atom. The van der Waals surface area contributed by atoms with Crippen molar-refractivity contribution in [1.29, 1.82) is 0 Å². The average Bonchev–Trinajstić information content (AvgIpc) is 3.26. The van der Waals surface area contributed by atoms with Crippen LogP contribution < -0.4 is 10.6 Å². The highest BCUT2D eigenvalue weighted by Crippen LogP contribution is 2.40. The van der Waals surface area contributed by atoms with E-state index in [1.807, 2.05) is 0 Å². The van der Waals surface area contributed by atoms with Crippen LogP contribution in [0.5, 0.6) is 0 Å². The van der Waals surface area contributed by atoms with Crippen LogP contribution >= 0.6 is 24.0 Å². The molecule has 2 rings (SSSR count). The van der Waals surface area contributed by atoms with Crippen molar-refractivity contribution in [2.75, 3.05) is 33.9 Å². The average molecular weight is 480 g/mol. The van der Waals surface area contributed by atoms with Gasteiger partial charge in [0, 0.05) is 33.9 Å². The molecule has 1 saturated carbocycles. The number of ether oxygens (including phenoxy) is 1. The summed E-state index contributed by atoms with van der Waals surface area (Å²) >= 11 is 0. The van der Waals surface area contributed by atoms with Gasteiger partial charge in [-0.15, -0.1) is 24.0 Å². The van der Waals surface area contributed by atoms with Gasteiger partial charge >= 0.3 is 5.69 Å². The predicted molar refractivity (Wildman–Crippen MR) is 111 cm³/mol. The number of hydrogen-bond donors (Lipinski definition) is 2. The Bertz CT molecular complexity index is 586. The van der Waals surface area contributed by atoms with Crippen LogP contribution in [0.3, 0.4) is 0 Å². The second-order valence-corrected chi connectivity index (χ2v) is 6.52. The van der Waals surface area contributed by atoms with Crippen LogP contribution in [0.1, 0.15) is 32.1 Å². The maximum Gasteiger partial charge on any atom is 0.306 e. The molecule has 0 aromatic carbocycles. The fourth-order valence-electron chi connectivity index (χ4n) is 3.31. The molecule has 0 amide bonds. The van der Waals surface area contributed by atoms with Gasteiger partial charge in [-0.3, -0.25) is 19.8 Å². The lowest BCUT2D eigenvalue weighted by Gasteiger charge is -2.29. The predicted octanol–water partition coefficient (Wildman–Crippen LogP) is 2.17. The van der Waals surface area contributed by atoms with Crippen molar-refractivity contribution in [2.45, 2.75) is 38.6 Å². The van der Waals surface area contributed by atoms with Crippen LogP contribution in [-0.2, 0) is 11.3 Å². The van der Waals surface area contributed by atoms with Gasteiger partial charge in [0.05, 0.1) is 11.5 Å². The molecule has 0 aliphatic heterocycles. The molecule has 10 heteroatoms. The number of nitrogens with one attached hydrogen (secondary N) is 2. The number of nitrogens with zero attached hydrogens (tertiary/aromatic N) is 4. The quantitative estimate of drug-likeness (QED) is 0.185. The van der Waals surface area contributed by atoms with E-state index < -0.39 is 4.92 Å². The maximum atomic E-state index is 10.7. The lowest BCUT2D eigenvalue weighted by Crippen LogP contribution is -2.44. The second kappa shape index (κ2) is 11.3. The molecule has 1 heterocycles. The summed E-state index contributed by atoms with van der Waals surface area (Å²) in [6.45, 7) is 2.78. The summed E-state index contributed by atoms with van der Waals surface area (Å²) in [4.78, 5) is 14.5. The molecule has 1 aromatic rings. The zero-order chi connectivity index (χ0) is 18.1. The maximum absolute atomic E-state index is 10.7. The molecule has 2 N–H and O–H groups in total. The molecule has 26 heavy (non-hydrogen) atoms. The Morgan fingerprint density at radius 3 is 2.77 bits per heavy atom. The van der Waals surface area contributed by atoms with E-state index in [0.29, 0.717) is 13.1 Å². The molecule has 0 bridgehead atoms. The summed E-state index contributed by atoms with van der Waals surface area (Å²) in [5.41, 5.74) is 0.291. The summed E-state index contributed by atoms with van der Waals surface area (Å²) < 4.78 is 6.81. The zero-order valence-corrected chi connectivity index (χ0v) is 17.8. The van der Waals surface area contributed by atoms with Gasteiger partial charge in [-0.05, 0) is 24.7 Å². The minimum Gasteiger partial charge on any atom is -0.385 e. The Balaban J connectivity index is 0.00000338. The molecule has 9 nitrogen and oxygen atoms in total. The lowest BCUT2D eigenvalue weighted by atomic mass is 9.83. The van der Waals surface area contributed by atoms with Gasteiger partial charge in [-0.2, -0.15) is 5.10 Å². The summed E-state index contributed by atoms with van der Waals surface area (Å²) in [5.74, 6) is 0.741. The second-order valence-electron chi connectivity index (χ2n) is 6.52. The molecule has 1 fully saturated rings. The van der Waals surface area contributed by atoms with Crippen molar-refractivity contribution in [1.82, 2.24) is 20.4 Å². The number of methoxy groups -OCH3 is 1. The number of hydrogen-bond acceptors (Lipinski definition) is 5. The van der Waals surface area contributed by atoms with Gasteiger partial charge in [-0.25, -0.2) is 0 Å². The van der Waals surface area contributed by atoms with Gasteiger partial charge < -0.3 is 15.4 Å². The van der Waals surface area contributed by atoms with Gasteiger partial charge in [0.25, 0.3) is 0 Å². The third-order valence-corrected chi connectivity index (χ3v) is 4.82.